The molecule has 2 rings (SSSR count). The van der Waals surface area contributed by atoms with Gasteiger partial charge in [-0.3, -0.25) is 0 Å². The third-order valence-electron chi connectivity index (χ3n) is 2.70. The summed E-state index contributed by atoms with van der Waals surface area (Å²) in [5, 5.41) is 0.810. The lowest BCUT2D eigenvalue weighted by Gasteiger charge is -2.03. The summed E-state index contributed by atoms with van der Waals surface area (Å²) in [6.45, 7) is 8.75. The van der Waals surface area contributed by atoms with Crippen molar-refractivity contribution in [2.75, 3.05) is 0 Å². The second-order valence-corrected chi connectivity index (χ2v) is 7.93. The summed E-state index contributed by atoms with van der Waals surface area (Å²) in [6.07, 6.45) is 0. The van der Waals surface area contributed by atoms with E-state index in [0.717, 1.165) is 5.02 Å². The van der Waals surface area contributed by atoms with Gasteiger partial charge < -0.3 is 0 Å². The summed E-state index contributed by atoms with van der Waals surface area (Å²) in [4.78, 5) is 1.45. The zero-order valence-corrected chi connectivity index (χ0v) is 14.9. The molecule has 1 aromatic carbocycles. The molecule has 3 heteroatoms. The third kappa shape index (κ3) is 6.11. The summed E-state index contributed by atoms with van der Waals surface area (Å²) < 4.78 is 1.23. The monoisotopic (exact) mass is 358 g/mol. The Hall–Kier alpha value is -0.310. The Morgan fingerprint density at radius 3 is 1.79 bits per heavy atom. The lowest BCUT2D eigenvalue weighted by atomic mass is 10.0. The molecule has 1 heterocycles. The minimum Gasteiger partial charge on any atom is -0.133 e. The maximum atomic E-state index is 5.72. The van der Waals surface area contributed by atoms with Crippen LogP contribution in [-0.4, -0.2) is 0 Å². The van der Waals surface area contributed by atoms with E-state index in [9.17, 15) is 0 Å². The molecule has 0 nitrogen and oxygen atoms in total. The summed E-state index contributed by atoms with van der Waals surface area (Å²) in [6, 6.07) is 12.2. The second-order valence-electron chi connectivity index (χ2n) is 5.00. The fraction of sp³-hybridized carbons (Fsp3) is 0.375. The molecule has 0 N–H and O–H groups in total. The van der Waals surface area contributed by atoms with Crippen LogP contribution in [0.5, 0.6) is 0 Å². The Labute approximate surface area is 133 Å². The van der Waals surface area contributed by atoms with Crippen molar-refractivity contribution >= 4 is 38.9 Å². The first-order valence-corrected chi connectivity index (χ1v) is 8.39. The highest BCUT2D eigenvalue weighted by Gasteiger charge is 2.00. The predicted molar refractivity (Wildman–Crippen MR) is 91.6 cm³/mol. The number of benzene rings is 1. The lowest BCUT2D eigenvalue weighted by Crippen LogP contribution is -1.84. The molecular weight excluding hydrogens is 340 g/mol. The van der Waals surface area contributed by atoms with Crippen LogP contribution in [0.4, 0.5) is 0 Å². The van der Waals surface area contributed by atoms with Crippen LogP contribution in [0.25, 0.3) is 0 Å². The van der Waals surface area contributed by atoms with Crippen molar-refractivity contribution in [2.45, 2.75) is 39.5 Å². The van der Waals surface area contributed by atoms with Crippen LogP contribution in [0.3, 0.4) is 0 Å². The van der Waals surface area contributed by atoms with Crippen molar-refractivity contribution in [1.29, 1.82) is 0 Å². The standard InChI is InChI=1S/C9H11Cl.C7H9BrS/c1-7(2)8-3-5-9(10)6-4-8;1-5(2)6-3-4-7(8)9-6/h3-7H,1-2H3;3-5H,1-2H3. The predicted octanol–water partition coefficient (Wildman–Crippen LogP) is 7.10. The van der Waals surface area contributed by atoms with Crippen LogP contribution in [0.15, 0.2) is 40.2 Å². The van der Waals surface area contributed by atoms with Crippen LogP contribution in [-0.2, 0) is 0 Å². The molecule has 1 aromatic heterocycles. The van der Waals surface area contributed by atoms with E-state index in [1.165, 1.54) is 14.2 Å². The Kier molecular flexibility index (Phi) is 7.12. The van der Waals surface area contributed by atoms with E-state index in [-0.39, 0.29) is 0 Å². The average molecular weight is 360 g/mol. The summed E-state index contributed by atoms with van der Waals surface area (Å²) >= 11 is 10.9. The van der Waals surface area contributed by atoms with Gasteiger partial charge in [-0.1, -0.05) is 51.4 Å². The molecular formula is C16H20BrClS. The van der Waals surface area contributed by atoms with E-state index >= 15 is 0 Å². The SMILES string of the molecule is CC(C)c1ccc(Br)s1.CC(C)c1ccc(Cl)cc1. The van der Waals surface area contributed by atoms with Crippen molar-refractivity contribution in [3.05, 3.63) is 55.6 Å². The van der Waals surface area contributed by atoms with Crippen molar-refractivity contribution in [2.24, 2.45) is 0 Å². The first-order chi connectivity index (χ1) is 8.90. The van der Waals surface area contributed by atoms with Gasteiger partial charge in [-0.25, -0.2) is 0 Å². The van der Waals surface area contributed by atoms with Gasteiger partial charge in [0.25, 0.3) is 0 Å². The average Bonchev–Trinajstić information content (AvgIpc) is 2.77. The molecule has 0 spiro atoms. The molecule has 0 aliphatic carbocycles. The van der Waals surface area contributed by atoms with Crippen LogP contribution >= 0.6 is 38.9 Å². The molecule has 0 unspecified atom stereocenters. The molecule has 0 atom stereocenters. The lowest BCUT2D eigenvalue weighted by molar-refractivity contribution is 0.867. The van der Waals surface area contributed by atoms with Crippen molar-refractivity contribution in [1.82, 2.24) is 0 Å². The highest BCUT2D eigenvalue weighted by atomic mass is 79.9. The minimum absolute atomic E-state index is 0.595. The highest BCUT2D eigenvalue weighted by molar-refractivity contribution is 9.11. The van der Waals surface area contributed by atoms with E-state index in [1.807, 2.05) is 23.5 Å². The Bertz CT molecular complexity index is 486. The maximum absolute atomic E-state index is 5.72. The maximum Gasteiger partial charge on any atom is 0.0701 e. The second kappa shape index (κ2) is 8.08. The number of thiophene rings is 1. The van der Waals surface area contributed by atoms with Crippen LogP contribution in [0, 0.1) is 0 Å². The van der Waals surface area contributed by atoms with E-state index in [1.54, 1.807) is 0 Å². The van der Waals surface area contributed by atoms with Gasteiger partial charge in [0.2, 0.25) is 0 Å². The van der Waals surface area contributed by atoms with Crippen LogP contribution in [0.1, 0.15) is 50.0 Å². The Balaban J connectivity index is 0.000000191. The van der Waals surface area contributed by atoms with Gasteiger partial charge in [0.1, 0.15) is 0 Å². The van der Waals surface area contributed by atoms with Gasteiger partial charge in [-0.15, -0.1) is 11.3 Å². The summed E-state index contributed by atoms with van der Waals surface area (Å²) in [5.74, 6) is 1.26. The van der Waals surface area contributed by atoms with Gasteiger partial charge in [-0.05, 0) is 57.6 Å². The molecule has 0 saturated heterocycles. The molecule has 0 amide bonds. The quantitative estimate of drug-likeness (QED) is 0.536. The normalized spacial score (nSPS) is 10.5. The topological polar surface area (TPSA) is 0 Å². The summed E-state index contributed by atoms with van der Waals surface area (Å²) in [7, 11) is 0. The summed E-state index contributed by atoms with van der Waals surface area (Å²) in [5.41, 5.74) is 1.34. The molecule has 19 heavy (non-hydrogen) atoms. The van der Waals surface area contributed by atoms with Crippen LogP contribution in [0.2, 0.25) is 5.02 Å². The molecule has 0 bridgehead atoms. The first kappa shape index (κ1) is 16.7. The van der Waals surface area contributed by atoms with Crippen molar-refractivity contribution in [3.63, 3.8) is 0 Å². The number of halogens is 2. The number of hydrogen-bond acceptors (Lipinski definition) is 1. The van der Waals surface area contributed by atoms with Gasteiger partial charge in [0.05, 0.1) is 3.79 Å². The molecule has 2 aromatic rings. The Morgan fingerprint density at radius 1 is 0.895 bits per heavy atom. The van der Waals surface area contributed by atoms with E-state index in [0.29, 0.717) is 11.8 Å². The molecule has 0 aliphatic rings. The van der Waals surface area contributed by atoms with Crippen molar-refractivity contribution < 1.29 is 0 Å². The molecule has 0 aliphatic heterocycles. The number of rotatable bonds is 2. The zero-order valence-electron chi connectivity index (χ0n) is 11.8. The first-order valence-electron chi connectivity index (χ1n) is 6.41. The smallest absolute Gasteiger partial charge is 0.0701 e. The zero-order chi connectivity index (χ0) is 14.4. The molecule has 0 fully saturated rings. The van der Waals surface area contributed by atoms with Gasteiger partial charge in [-0.2, -0.15) is 0 Å². The highest BCUT2D eigenvalue weighted by Crippen LogP contribution is 2.27. The molecule has 0 saturated carbocycles. The van der Waals surface area contributed by atoms with Crippen LogP contribution < -0.4 is 0 Å². The van der Waals surface area contributed by atoms with E-state index in [4.69, 9.17) is 11.6 Å². The molecule has 0 radical (unpaired) electrons. The van der Waals surface area contributed by atoms with Crippen molar-refractivity contribution in [3.8, 4) is 0 Å². The van der Waals surface area contributed by atoms with Gasteiger partial charge in [0, 0.05) is 9.90 Å². The fourth-order valence-electron chi connectivity index (χ4n) is 1.49. The van der Waals surface area contributed by atoms with E-state index < -0.39 is 0 Å². The third-order valence-corrected chi connectivity index (χ3v) is 4.88. The van der Waals surface area contributed by atoms with Gasteiger partial charge >= 0.3 is 0 Å². The Morgan fingerprint density at radius 2 is 1.47 bits per heavy atom. The largest absolute Gasteiger partial charge is 0.133 e. The van der Waals surface area contributed by atoms with E-state index in [2.05, 4.69) is 67.9 Å². The molecule has 104 valence electrons. The fourth-order valence-corrected chi connectivity index (χ4v) is 3.04. The minimum atomic E-state index is 0.595. The van der Waals surface area contributed by atoms with Gasteiger partial charge in [0.15, 0.2) is 0 Å². The number of hydrogen-bond donors (Lipinski definition) is 0.